The van der Waals surface area contributed by atoms with Gasteiger partial charge in [0, 0.05) is 31.5 Å². The second-order valence-corrected chi connectivity index (χ2v) is 5.09. The second-order valence-electron chi connectivity index (χ2n) is 5.09. The van der Waals surface area contributed by atoms with E-state index in [0.717, 1.165) is 25.9 Å². The van der Waals surface area contributed by atoms with Gasteiger partial charge in [0.25, 0.3) is 0 Å². The van der Waals surface area contributed by atoms with Gasteiger partial charge < -0.3 is 10.2 Å². The molecule has 0 heterocycles. The summed E-state index contributed by atoms with van der Waals surface area (Å²) in [6.07, 6.45) is 2.23. The molecule has 2 aromatic rings. The topological polar surface area (TPSA) is 15.3 Å². The van der Waals surface area contributed by atoms with Gasteiger partial charge in [-0.3, -0.25) is 0 Å². The molecule has 106 valence electrons. The molecule has 0 radical (unpaired) electrons. The van der Waals surface area contributed by atoms with Crippen LogP contribution in [0.5, 0.6) is 0 Å². The van der Waals surface area contributed by atoms with Gasteiger partial charge in [0.1, 0.15) is 0 Å². The molecule has 0 amide bonds. The summed E-state index contributed by atoms with van der Waals surface area (Å²) in [7, 11) is 2.16. The smallest absolute Gasteiger partial charge is 0.0363 e. The molecule has 0 aromatic heterocycles. The maximum absolute atomic E-state index is 3.44. The molecule has 0 spiro atoms. The fourth-order valence-electron chi connectivity index (χ4n) is 2.22. The molecule has 0 bridgehead atoms. The van der Waals surface area contributed by atoms with Gasteiger partial charge >= 0.3 is 0 Å². The van der Waals surface area contributed by atoms with Crippen LogP contribution >= 0.6 is 0 Å². The van der Waals surface area contributed by atoms with Crippen LogP contribution in [0.1, 0.15) is 18.9 Å². The van der Waals surface area contributed by atoms with Crippen LogP contribution in [-0.2, 0) is 6.42 Å². The second kappa shape index (κ2) is 7.59. The summed E-state index contributed by atoms with van der Waals surface area (Å²) in [4.78, 5) is 2.31. The summed E-state index contributed by atoms with van der Waals surface area (Å²) in [6.45, 7) is 4.25. The van der Waals surface area contributed by atoms with Gasteiger partial charge in [-0.1, -0.05) is 37.3 Å². The molecule has 0 aliphatic rings. The van der Waals surface area contributed by atoms with E-state index in [1.54, 1.807) is 0 Å². The van der Waals surface area contributed by atoms with Gasteiger partial charge in [0.2, 0.25) is 0 Å². The van der Waals surface area contributed by atoms with Gasteiger partial charge in [0.15, 0.2) is 0 Å². The number of aryl methyl sites for hydroxylation is 1. The first-order valence-corrected chi connectivity index (χ1v) is 7.38. The van der Waals surface area contributed by atoms with Crippen molar-refractivity contribution in [3.05, 3.63) is 60.2 Å². The summed E-state index contributed by atoms with van der Waals surface area (Å²) < 4.78 is 0. The van der Waals surface area contributed by atoms with Crippen molar-refractivity contribution in [1.82, 2.24) is 0 Å². The minimum Gasteiger partial charge on any atom is -0.385 e. The van der Waals surface area contributed by atoms with Crippen molar-refractivity contribution in [2.45, 2.75) is 19.8 Å². The Bertz CT molecular complexity index is 491. The third-order valence-electron chi connectivity index (χ3n) is 3.56. The third-order valence-corrected chi connectivity index (χ3v) is 3.56. The predicted molar refractivity (Wildman–Crippen MR) is 88.6 cm³/mol. The monoisotopic (exact) mass is 268 g/mol. The van der Waals surface area contributed by atoms with Crippen molar-refractivity contribution >= 4 is 11.4 Å². The zero-order valence-corrected chi connectivity index (χ0v) is 12.5. The van der Waals surface area contributed by atoms with E-state index in [2.05, 4.69) is 72.7 Å². The van der Waals surface area contributed by atoms with Crippen molar-refractivity contribution in [1.29, 1.82) is 0 Å². The van der Waals surface area contributed by atoms with Crippen LogP contribution in [0.15, 0.2) is 54.6 Å². The minimum absolute atomic E-state index is 1.00. The number of hydrogen-bond acceptors (Lipinski definition) is 2. The van der Waals surface area contributed by atoms with Crippen LogP contribution in [0.2, 0.25) is 0 Å². The van der Waals surface area contributed by atoms with Gasteiger partial charge in [-0.25, -0.2) is 0 Å². The lowest BCUT2D eigenvalue weighted by Crippen LogP contribution is -2.20. The highest BCUT2D eigenvalue weighted by Crippen LogP contribution is 2.14. The summed E-state index contributed by atoms with van der Waals surface area (Å²) in [6, 6.07) is 19.2. The molecule has 2 rings (SSSR count). The van der Waals surface area contributed by atoms with E-state index in [4.69, 9.17) is 0 Å². The van der Waals surface area contributed by atoms with Crippen molar-refractivity contribution < 1.29 is 0 Å². The number of anilines is 2. The fourth-order valence-corrected chi connectivity index (χ4v) is 2.22. The lowest BCUT2D eigenvalue weighted by atomic mass is 10.1. The maximum atomic E-state index is 3.44. The lowest BCUT2D eigenvalue weighted by Gasteiger charge is -2.19. The Morgan fingerprint density at radius 3 is 2.30 bits per heavy atom. The molecular weight excluding hydrogens is 244 g/mol. The Morgan fingerprint density at radius 1 is 0.950 bits per heavy atom. The number of nitrogens with zero attached hydrogens (tertiary/aromatic N) is 1. The Morgan fingerprint density at radius 2 is 1.65 bits per heavy atom. The van der Waals surface area contributed by atoms with Crippen LogP contribution in [0.25, 0.3) is 0 Å². The molecule has 0 atom stereocenters. The van der Waals surface area contributed by atoms with E-state index >= 15 is 0 Å². The first-order chi connectivity index (χ1) is 9.79. The Kier molecular flexibility index (Phi) is 5.48. The number of para-hydroxylation sites is 1. The average Bonchev–Trinajstić information content (AvgIpc) is 2.52. The molecular formula is C18H24N2. The number of hydrogen-bond donors (Lipinski definition) is 1. The Hall–Kier alpha value is -1.96. The van der Waals surface area contributed by atoms with Crippen LogP contribution in [-0.4, -0.2) is 20.1 Å². The van der Waals surface area contributed by atoms with Crippen molar-refractivity contribution in [2.75, 3.05) is 30.4 Å². The molecule has 0 saturated heterocycles. The van der Waals surface area contributed by atoms with Crippen molar-refractivity contribution in [3.8, 4) is 0 Å². The van der Waals surface area contributed by atoms with E-state index in [1.807, 2.05) is 6.07 Å². The van der Waals surface area contributed by atoms with Crippen LogP contribution in [0, 0.1) is 0 Å². The molecule has 0 fully saturated rings. The summed E-state index contributed by atoms with van der Waals surface area (Å²) in [5.74, 6) is 0. The van der Waals surface area contributed by atoms with Crippen LogP contribution < -0.4 is 10.2 Å². The van der Waals surface area contributed by atoms with E-state index in [9.17, 15) is 0 Å². The normalized spacial score (nSPS) is 10.3. The Labute approximate surface area is 122 Å². The molecule has 0 unspecified atom stereocenters. The predicted octanol–water partition coefficient (Wildman–Crippen LogP) is 4.19. The van der Waals surface area contributed by atoms with Gasteiger partial charge in [0.05, 0.1) is 0 Å². The molecule has 0 aliphatic heterocycles. The zero-order chi connectivity index (χ0) is 14.2. The molecule has 2 aromatic carbocycles. The molecule has 1 N–H and O–H groups in total. The third kappa shape index (κ3) is 4.30. The van der Waals surface area contributed by atoms with E-state index in [0.29, 0.717) is 0 Å². The number of rotatable bonds is 7. The lowest BCUT2D eigenvalue weighted by molar-refractivity contribution is 0.816. The van der Waals surface area contributed by atoms with Gasteiger partial charge in [-0.15, -0.1) is 0 Å². The maximum Gasteiger partial charge on any atom is 0.0363 e. The molecule has 0 aliphatic carbocycles. The molecule has 2 heteroatoms. The van der Waals surface area contributed by atoms with E-state index in [1.165, 1.54) is 16.9 Å². The van der Waals surface area contributed by atoms with Gasteiger partial charge in [-0.2, -0.15) is 0 Å². The molecule has 0 saturated carbocycles. The average molecular weight is 268 g/mol. The van der Waals surface area contributed by atoms with E-state index in [-0.39, 0.29) is 0 Å². The first kappa shape index (κ1) is 14.4. The molecule has 20 heavy (non-hydrogen) atoms. The fraction of sp³-hybridized carbons (Fsp3) is 0.333. The summed E-state index contributed by atoms with van der Waals surface area (Å²) in [5.41, 5.74) is 3.89. The largest absolute Gasteiger partial charge is 0.385 e. The highest BCUT2D eigenvalue weighted by molar-refractivity contribution is 5.47. The highest BCUT2D eigenvalue weighted by Gasteiger charge is 2.00. The highest BCUT2D eigenvalue weighted by atomic mass is 15.1. The van der Waals surface area contributed by atoms with E-state index < -0.39 is 0 Å². The quantitative estimate of drug-likeness (QED) is 0.758. The van der Waals surface area contributed by atoms with Crippen LogP contribution in [0.4, 0.5) is 11.4 Å². The Balaban J connectivity index is 1.73. The number of benzene rings is 2. The SMILES string of the molecule is CCc1ccc(N(C)CCCNc2ccccc2)cc1. The minimum atomic E-state index is 1.00. The molecule has 2 nitrogen and oxygen atoms in total. The number of nitrogens with one attached hydrogen (secondary N) is 1. The van der Waals surface area contributed by atoms with Crippen molar-refractivity contribution in [2.24, 2.45) is 0 Å². The van der Waals surface area contributed by atoms with Crippen LogP contribution in [0.3, 0.4) is 0 Å². The zero-order valence-electron chi connectivity index (χ0n) is 12.5. The first-order valence-electron chi connectivity index (χ1n) is 7.38. The van der Waals surface area contributed by atoms with Gasteiger partial charge in [-0.05, 0) is 42.7 Å². The summed E-state index contributed by atoms with van der Waals surface area (Å²) >= 11 is 0. The van der Waals surface area contributed by atoms with Crippen molar-refractivity contribution in [3.63, 3.8) is 0 Å². The standard InChI is InChI=1S/C18H24N2/c1-3-16-10-12-18(13-11-16)20(2)15-7-14-19-17-8-5-4-6-9-17/h4-6,8-13,19H,3,7,14-15H2,1-2H3. The summed E-state index contributed by atoms with van der Waals surface area (Å²) in [5, 5.41) is 3.44.